The number of fused-ring (bicyclic) bond motifs is 1. The highest BCUT2D eigenvalue weighted by atomic mass is 32.2. The highest BCUT2D eigenvalue weighted by Crippen LogP contribution is 2.29. The summed E-state index contributed by atoms with van der Waals surface area (Å²) in [6, 6.07) is 9.92. The van der Waals surface area contributed by atoms with Crippen molar-refractivity contribution < 1.29 is 4.79 Å². The van der Waals surface area contributed by atoms with Crippen LogP contribution >= 0.6 is 11.8 Å². The van der Waals surface area contributed by atoms with Gasteiger partial charge in [-0.25, -0.2) is 15.0 Å². The smallest absolute Gasteiger partial charge is 0.282 e. The summed E-state index contributed by atoms with van der Waals surface area (Å²) in [7, 11) is 0. The average Bonchev–Trinajstić information content (AvgIpc) is 2.62. The molecule has 0 saturated heterocycles. The minimum absolute atomic E-state index is 0.238. The number of rotatable bonds is 6. The molecule has 6 nitrogen and oxygen atoms in total. The van der Waals surface area contributed by atoms with Crippen LogP contribution in [-0.2, 0) is 17.8 Å². The molecular weight excluding hydrogens is 336 g/mol. The van der Waals surface area contributed by atoms with E-state index in [-0.39, 0.29) is 11.1 Å². The molecule has 0 aliphatic carbocycles. The number of hydrogen-bond donors (Lipinski definition) is 0. The summed E-state index contributed by atoms with van der Waals surface area (Å²) in [5.41, 5.74) is 1.42. The first-order chi connectivity index (χ1) is 12.0. The van der Waals surface area contributed by atoms with E-state index in [0.717, 1.165) is 11.8 Å². The van der Waals surface area contributed by atoms with Crippen molar-refractivity contribution in [2.75, 3.05) is 0 Å². The Hall–Kier alpha value is -2.54. The van der Waals surface area contributed by atoms with Gasteiger partial charge in [0.15, 0.2) is 16.3 Å². The summed E-state index contributed by atoms with van der Waals surface area (Å²) in [5.74, 6) is 0. The molecular formula is C18H18N4O2S. The molecule has 0 bridgehead atoms. The van der Waals surface area contributed by atoms with Gasteiger partial charge in [0.25, 0.3) is 5.56 Å². The molecule has 0 unspecified atom stereocenters. The first-order valence-electron chi connectivity index (χ1n) is 7.91. The molecule has 1 aromatic carbocycles. The Morgan fingerprint density at radius 2 is 1.88 bits per heavy atom. The SMILES string of the molecule is CC(C)(C=O)Sc1nc2nccnc2c(=O)n1CCc1ccccc1. The molecule has 3 rings (SSSR count). The fourth-order valence-electron chi connectivity index (χ4n) is 2.35. The Labute approximate surface area is 149 Å². The van der Waals surface area contributed by atoms with Crippen LogP contribution in [-0.4, -0.2) is 30.6 Å². The second kappa shape index (κ2) is 7.14. The summed E-state index contributed by atoms with van der Waals surface area (Å²) in [5, 5.41) is 0.478. The van der Waals surface area contributed by atoms with E-state index in [0.29, 0.717) is 23.8 Å². The number of carbonyl (C=O) groups is 1. The van der Waals surface area contributed by atoms with E-state index in [1.165, 1.54) is 24.2 Å². The summed E-state index contributed by atoms with van der Waals surface area (Å²) in [6.45, 7) is 4.04. The zero-order valence-electron chi connectivity index (χ0n) is 14.0. The molecule has 2 aromatic heterocycles. The molecule has 0 aliphatic heterocycles. The molecule has 0 radical (unpaired) electrons. The number of carbonyl (C=O) groups excluding carboxylic acids is 1. The molecule has 0 aliphatic rings. The number of aryl methyl sites for hydroxylation is 1. The predicted octanol–water partition coefficient (Wildman–Crippen LogP) is 2.50. The van der Waals surface area contributed by atoms with E-state index in [2.05, 4.69) is 15.0 Å². The van der Waals surface area contributed by atoms with Crippen molar-refractivity contribution in [3.63, 3.8) is 0 Å². The first-order valence-corrected chi connectivity index (χ1v) is 8.73. The maximum absolute atomic E-state index is 12.9. The lowest BCUT2D eigenvalue weighted by atomic mass is 10.1. The van der Waals surface area contributed by atoms with Gasteiger partial charge >= 0.3 is 0 Å². The fraction of sp³-hybridized carbons (Fsp3) is 0.278. The van der Waals surface area contributed by atoms with E-state index in [1.54, 1.807) is 18.4 Å². The van der Waals surface area contributed by atoms with Crippen molar-refractivity contribution in [1.29, 1.82) is 0 Å². The summed E-state index contributed by atoms with van der Waals surface area (Å²) in [4.78, 5) is 36.9. The molecule has 2 heterocycles. The zero-order valence-corrected chi connectivity index (χ0v) is 14.9. The number of benzene rings is 1. The molecule has 0 fully saturated rings. The third-order valence-corrected chi connectivity index (χ3v) is 4.78. The number of aromatic nitrogens is 4. The number of nitrogens with zero attached hydrogens (tertiary/aromatic N) is 4. The van der Waals surface area contributed by atoms with E-state index < -0.39 is 4.75 Å². The molecule has 3 aromatic rings. The van der Waals surface area contributed by atoms with Gasteiger partial charge in [-0.15, -0.1) is 0 Å². The van der Waals surface area contributed by atoms with Gasteiger partial charge < -0.3 is 4.79 Å². The number of hydrogen-bond acceptors (Lipinski definition) is 6. The number of thioether (sulfide) groups is 1. The molecule has 0 amide bonds. The van der Waals surface area contributed by atoms with Crippen molar-refractivity contribution in [2.24, 2.45) is 0 Å². The van der Waals surface area contributed by atoms with Crippen molar-refractivity contribution >= 4 is 29.2 Å². The largest absolute Gasteiger partial charge is 0.302 e. The van der Waals surface area contributed by atoms with Crippen molar-refractivity contribution in [1.82, 2.24) is 19.5 Å². The Kier molecular flexibility index (Phi) is 4.94. The molecule has 0 N–H and O–H groups in total. The lowest BCUT2D eigenvalue weighted by molar-refractivity contribution is -0.109. The first kappa shape index (κ1) is 17.3. The van der Waals surface area contributed by atoms with Crippen molar-refractivity contribution in [3.05, 3.63) is 58.6 Å². The normalized spacial score (nSPS) is 11.6. The van der Waals surface area contributed by atoms with Gasteiger partial charge in [0, 0.05) is 18.9 Å². The van der Waals surface area contributed by atoms with Crippen molar-refractivity contribution in [2.45, 2.75) is 36.7 Å². The van der Waals surface area contributed by atoms with E-state index in [9.17, 15) is 9.59 Å². The Bertz CT molecular complexity index is 954. The second-order valence-corrected chi connectivity index (χ2v) is 7.76. The standard InChI is InChI=1S/C18H18N4O2S/c1-18(2,12-23)25-17-21-15-14(19-9-10-20-15)16(24)22(17)11-8-13-6-4-3-5-7-13/h3-7,9-10,12H,8,11H2,1-2H3. The third-order valence-electron chi connectivity index (χ3n) is 3.66. The lowest BCUT2D eigenvalue weighted by Crippen LogP contribution is -2.28. The van der Waals surface area contributed by atoms with E-state index in [1.807, 2.05) is 30.3 Å². The van der Waals surface area contributed by atoms with Crippen LogP contribution in [0.2, 0.25) is 0 Å². The van der Waals surface area contributed by atoms with Gasteiger partial charge in [-0.2, -0.15) is 0 Å². The minimum atomic E-state index is -0.691. The number of aldehydes is 1. The van der Waals surface area contributed by atoms with Crippen LogP contribution < -0.4 is 5.56 Å². The highest BCUT2D eigenvalue weighted by Gasteiger charge is 2.23. The average molecular weight is 354 g/mol. The Morgan fingerprint density at radius 3 is 2.60 bits per heavy atom. The second-order valence-electron chi connectivity index (χ2n) is 6.14. The summed E-state index contributed by atoms with van der Waals surface area (Å²) >= 11 is 1.25. The highest BCUT2D eigenvalue weighted by molar-refractivity contribution is 8.01. The van der Waals surface area contributed by atoms with Crippen LogP contribution in [0, 0.1) is 0 Å². The predicted molar refractivity (Wildman–Crippen MR) is 97.7 cm³/mol. The van der Waals surface area contributed by atoms with Gasteiger partial charge in [-0.3, -0.25) is 9.36 Å². The van der Waals surface area contributed by atoms with Crippen LogP contribution in [0.3, 0.4) is 0 Å². The maximum atomic E-state index is 12.9. The maximum Gasteiger partial charge on any atom is 0.282 e. The van der Waals surface area contributed by atoms with Crippen LogP contribution in [0.15, 0.2) is 52.7 Å². The van der Waals surface area contributed by atoms with Gasteiger partial charge in [0.2, 0.25) is 0 Å². The summed E-state index contributed by atoms with van der Waals surface area (Å²) in [6.07, 6.45) is 4.52. The van der Waals surface area contributed by atoms with Crippen LogP contribution in [0.4, 0.5) is 0 Å². The fourth-order valence-corrected chi connectivity index (χ4v) is 3.28. The third kappa shape index (κ3) is 3.93. The topological polar surface area (TPSA) is 77.7 Å². The molecule has 0 saturated carbocycles. The Balaban J connectivity index is 2.05. The van der Waals surface area contributed by atoms with Crippen molar-refractivity contribution in [3.8, 4) is 0 Å². The molecule has 25 heavy (non-hydrogen) atoms. The quantitative estimate of drug-likeness (QED) is 0.384. The van der Waals surface area contributed by atoms with Crippen LogP contribution in [0.1, 0.15) is 19.4 Å². The van der Waals surface area contributed by atoms with Crippen LogP contribution in [0.25, 0.3) is 11.2 Å². The summed E-state index contributed by atoms with van der Waals surface area (Å²) < 4.78 is 0.893. The van der Waals surface area contributed by atoms with Gasteiger partial charge in [0.05, 0.1) is 4.75 Å². The van der Waals surface area contributed by atoms with Crippen LogP contribution in [0.5, 0.6) is 0 Å². The lowest BCUT2D eigenvalue weighted by Gasteiger charge is -2.19. The molecule has 7 heteroatoms. The molecule has 128 valence electrons. The monoisotopic (exact) mass is 354 g/mol. The van der Waals surface area contributed by atoms with Gasteiger partial charge in [-0.1, -0.05) is 42.1 Å². The minimum Gasteiger partial charge on any atom is -0.302 e. The van der Waals surface area contributed by atoms with E-state index in [4.69, 9.17) is 0 Å². The molecule has 0 atom stereocenters. The van der Waals surface area contributed by atoms with E-state index >= 15 is 0 Å². The van der Waals surface area contributed by atoms with Gasteiger partial charge in [0.1, 0.15) is 6.29 Å². The zero-order chi connectivity index (χ0) is 17.9. The molecule has 0 spiro atoms. The Morgan fingerprint density at radius 1 is 1.16 bits per heavy atom. The van der Waals surface area contributed by atoms with Gasteiger partial charge in [-0.05, 0) is 25.8 Å².